The van der Waals surface area contributed by atoms with E-state index >= 15 is 35.1 Å². The number of halogens is 12. The van der Waals surface area contributed by atoms with Gasteiger partial charge in [-0.15, -0.1) is 0 Å². The molecule has 0 saturated carbocycles. The zero-order valence-corrected chi connectivity index (χ0v) is 19.7. The van der Waals surface area contributed by atoms with Gasteiger partial charge in [0.1, 0.15) is 0 Å². The number of alkyl halides is 12. The van der Waals surface area contributed by atoms with E-state index in [0.717, 1.165) is 12.1 Å². The average Bonchev–Trinajstić information content (AvgIpc) is 2.91. The van der Waals surface area contributed by atoms with Crippen molar-refractivity contribution in [3.63, 3.8) is 0 Å². The number of anilines is 2. The van der Waals surface area contributed by atoms with Gasteiger partial charge in [0, 0.05) is 72.6 Å². The van der Waals surface area contributed by atoms with Gasteiger partial charge < -0.3 is 9.80 Å². The van der Waals surface area contributed by atoms with Crippen LogP contribution in [0.15, 0.2) is 35.4 Å². The van der Waals surface area contributed by atoms with Crippen LogP contribution in [0.3, 0.4) is 0 Å². The second-order valence-corrected chi connectivity index (χ2v) is 9.75. The lowest BCUT2D eigenvalue weighted by Crippen LogP contribution is -2.51. The molecule has 3 aliphatic carbocycles. The van der Waals surface area contributed by atoms with Gasteiger partial charge in [-0.25, -0.2) is 0 Å². The molecule has 0 fully saturated rings. The highest BCUT2D eigenvalue weighted by Gasteiger charge is 2.87. The maximum Gasteiger partial charge on any atom is 0.380 e. The van der Waals surface area contributed by atoms with Crippen molar-refractivity contribution in [3.05, 3.63) is 46.5 Å². The Bertz CT molecular complexity index is 1370. The Kier molecular flexibility index (Phi) is 4.84. The summed E-state index contributed by atoms with van der Waals surface area (Å²) in [5, 5.41) is -1.11. The Hall–Kier alpha value is -3.06. The first-order valence-corrected chi connectivity index (χ1v) is 10.8. The highest BCUT2D eigenvalue weighted by Crippen LogP contribution is 2.73. The van der Waals surface area contributed by atoms with Crippen LogP contribution < -0.4 is 9.80 Å². The minimum Gasteiger partial charge on any atom is -0.377 e. The third-order valence-corrected chi connectivity index (χ3v) is 7.20. The summed E-state index contributed by atoms with van der Waals surface area (Å²) in [5.74, 6) is -37.1. The molecule has 3 aliphatic rings. The number of allylic oxidation sites excluding steroid dienone is 4. The zero-order chi connectivity index (χ0) is 28.8. The third-order valence-electron chi connectivity index (χ3n) is 7.20. The van der Waals surface area contributed by atoms with E-state index in [1.165, 1.54) is 38.0 Å². The number of hydrogen-bond acceptors (Lipinski definition) is 2. The first-order valence-electron chi connectivity index (χ1n) is 10.8. The molecular formula is C24H16F12N2. The lowest BCUT2D eigenvalue weighted by Gasteiger charge is -2.29. The lowest BCUT2D eigenvalue weighted by molar-refractivity contribution is -0.267. The monoisotopic (exact) mass is 560 g/mol. The van der Waals surface area contributed by atoms with E-state index in [2.05, 4.69) is 0 Å². The van der Waals surface area contributed by atoms with Crippen LogP contribution >= 0.6 is 0 Å². The molecule has 0 N–H and O–H groups in total. The minimum absolute atomic E-state index is 0.0557. The second kappa shape index (κ2) is 6.92. The van der Waals surface area contributed by atoms with Crippen molar-refractivity contribution in [1.29, 1.82) is 0 Å². The summed E-state index contributed by atoms with van der Waals surface area (Å²) in [5.41, 5.74) is -12.9. The molecule has 0 saturated heterocycles. The predicted octanol–water partition coefficient (Wildman–Crippen LogP) is 7.33. The van der Waals surface area contributed by atoms with Crippen LogP contribution in [0.25, 0.3) is 21.9 Å². The van der Waals surface area contributed by atoms with Gasteiger partial charge >= 0.3 is 35.5 Å². The van der Waals surface area contributed by atoms with Gasteiger partial charge in [0.2, 0.25) is 0 Å². The van der Waals surface area contributed by atoms with E-state index in [9.17, 15) is 17.6 Å². The maximum atomic E-state index is 15.2. The summed E-state index contributed by atoms with van der Waals surface area (Å²) < 4.78 is 180. The zero-order valence-electron chi connectivity index (χ0n) is 19.7. The molecular weight excluding hydrogens is 544 g/mol. The van der Waals surface area contributed by atoms with Crippen LogP contribution in [0.5, 0.6) is 0 Å². The summed E-state index contributed by atoms with van der Waals surface area (Å²) in [6, 6.07) is 3.34. The standard InChI is InChI=1S/C24H16F12N2/c1-37(2)11-7-5-9-13-10(6-8-12(14(11)13)38(3)4)16-18(22(31,32)24(35,36)20(16,27)28)17-15(9)19(25,26)23(33,34)21(17,29)30/h5-8H,1-4H3. The van der Waals surface area contributed by atoms with Crippen molar-refractivity contribution in [2.24, 2.45) is 0 Å². The van der Waals surface area contributed by atoms with Gasteiger partial charge in [-0.05, 0) is 23.3 Å². The molecule has 2 aromatic rings. The normalized spacial score (nSPS) is 24.8. The molecule has 0 spiro atoms. The summed E-state index contributed by atoms with van der Waals surface area (Å²) in [7, 11) is 5.65. The van der Waals surface area contributed by atoms with Crippen molar-refractivity contribution in [1.82, 2.24) is 0 Å². The molecule has 0 radical (unpaired) electrons. The van der Waals surface area contributed by atoms with Crippen LogP contribution in [0.1, 0.15) is 11.1 Å². The quantitative estimate of drug-likeness (QED) is 0.355. The number of fused-ring (bicyclic) bond motifs is 3. The van der Waals surface area contributed by atoms with Gasteiger partial charge in [0.15, 0.2) is 0 Å². The van der Waals surface area contributed by atoms with E-state index < -0.39 is 74.3 Å². The topological polar surface area (TPSA) is 6.48 Å². The molecule has 0 amide bonds. The molecule has 0 aliphatic heterocycles. The molecule has 2 aromatic carbocycles. The molecule has 38 heavy (non-hydrogen) atoms. The molecule has 14 heteroatoms. The fraction of sp³-hybridized carbons (Fsp3) is 0.417. The number of nitrogens with zero attached hydrogens (tertiary/aromatic N) is 2. The Morgan fingerprint density at radius 3 is 1.00 bits per heavy atom. The summed E-state index contributed by atoms with van der Waals surface area (Å²) in [6.07, 6.45) is 0. The molecule has 206 valence electrons. The first kappa shape index (κ1) is 26.5. The summed E-state index contributed by atoms with van der Waals surface area (Å²) >= 11 is 0. The van der Waals surface area contributed by atoms with E-state index in [4.69, 9.17) is 0 Å². The molecule has 0 aromatic heterocycles. The van der Waals surface area contributed by atoms with Crippen molar-refractivity contribution in [2.45, 2.75) is 35.5 Å². The van der Waals surface area contributed by atoms with E-state index in [0.29, 0.717) is 12.1 Å². The van der Waals surface area contributed by atoms with Gasteiger partial charge in [0.05, 0.1) is 0 Å². The van der Waals surface area contributed by atoms with E-state index in [-0.39, 0.29) is 16.8 Å². The first-order chi connectivity index (χ1) is 17.1. The predicted molar refractivity (Wildman–Crippen MR) is 116 cm³/mol. The van der Waals surface area contributed by atoms with E-state index in [1.54, 1.807) is 0 Å². The van der Waals surface area contributed by atoms with Crippen molar-refractivity contribution in [2.75, 3.05) is 38.0 Å². The van der Waals surface area contributed by atoms with Gasteiger partial charge in [0.25, 0.3) is 0 Å². The van der Waals surface area contributed by atoms with Crippen molar-refractivity contribution < 1.29 is 52.7 Å². The Balaban J connectivity index is 2.16. The molecule has 0 unspecified atom stereocenters. The van der Waals surface area contributed by atoms with Gasteiger partial charge in [-0.3, -0.25) is 0 Å². The Morgan fingerprint density at radius 1 is 0.421 bits per heavy atom. The fourth-order valence-electron chi connectivity index (χ4n) is 5.44. The van der Waals surface area contributed by atoms with Gasteiger partial charge in [-0.2, -0.15) is 52.7 Å². The van der Waals surface area contributed by atoms with Gasteiger partial charge in [-0.1, -0.05) is 12.1 Å². The van der Waals surface area contributed by atoms with E-state index in [1.807, 2.05) is 0 Å². The number of benzene rings is 2. The Morgan fingerprint density at radius 2 is 0.711 bits per heavy atom. The number of hydrogen-bond donors (Lipinski definition) is 0. The smallest absolute Gasteiger partial charge is 0.377 e. The van der Waals surface area contributed by atoms with Crippen LogP contribution in [-0.2, 0) is 0 Å². The maximum absolute atomic E-state index is 15.2. The van der Waals surface area contributed by atoms with Crippen molar-refractivity contribution in [3.8, 4) is 0 Å². The third kappa shape index (κ3) is 2.54. The molecule has 0 heterocycles. The number of rotatable bonds is 2. The molecule has 0 atom stereocenters. The average molecular weight is 560 g/mol. The van der Waals surface area contributed by atoms with Crippen molar-refractivity contribution >= 4 is 33.3 Å². The SMILES string of the molecule is CN(C)c1ccc2c3c(ccc(N(C)C)c13)C1=C(C3=C2C(F)(F)C(F)(F)C3(F)F)C(F)(F)C(F)(F)C1(F)F. The molecule has 5 rings (SSSR count). The largest absolute Gasteiger partial charge is 0.380 e. The highest BCUT2D eigenvalue weighted by molar-refractivity contribution is 6.16. The lowest BCUT2D eigenvalue weighted by atomic mass is 9.87. The van der Waals surface area contributed by atoms with Crippen LogP contribution in [-0.4, -0.2) is 63.7 Å². The Labute approximate surface area is 206 Å². The fourth-order valence-corrected chi connectivity index (χ4v) is 5.44. The van der Waals surface area contributed by atoms with Crippen LogP contribution in [0.2, 0.25) is 0 Å². The van der Waals surface area contributed by atoms with Crippen LogP contribution in [0, 0.1) is 0 Å². The minimum atomic E-state index is -6.41. The van der Waals surface area contributed by atoms with Crippen LogP contribution in [0.4, 0.5) is 64.1 Å². The summed E-state index contributed by atoms with van der Waals surface area (Å²) in [6.45, 7) is 0. The molecule has 2 nitrogen and oxygen atoms in total. The second-order valence-electron chi connectivity index (χ2n) is 9.75. The highest BCUT2D eigenvalue weighted by atomic mass is 19.4. The molecule has 0 bridgehead atoms. The summed E-state index contributed by atoms with van der Waals surface area (Å²) in [4.78, 5) is 2.66.